The van der Waals surface area contributed by atoms with Gasteiger partial charge in [-0.15, -0.1) is 0 Å². The van der Waals surface area contributed by atoms with Crippen LogP contribution in [0.1, 0.15) is 11.1 Å². The average molecular weight is 214 g/mol. The van der Waals surface area contributed by atoms with Crippen molar-refractivity contribution in [1.82, 2.24) is 5.32 Å². The standard InChI is InChI=1S/C10H12ClNO2/c1-6-5-9(14-10(13)12-3)7(2)4-8(6)11/h4-5H,1-3H3,(H,12,13). The van der Waals surface area contributed by atoms with Crippen molar-refractivity contribution in [3.63, 3.8) is 0 Å². The number of hydrogen-bond acceptors (Lipinski definition) is 2. The summed E-state index contributed by atoms with van der Waals surface area (Å²) in [4.78, 5) is 11.0. The van der Waals surface area contributed by atoms with Crippen molar-refractivity contribution in [3.05, 3.63) is 28.3 Å². The lowest BCUT2D eigenvalue weighted by Crippen LogP contribution is -2.22. The predicted octanol–water partition coefficient (Wildman–Crippen LogP) is 2.68. The van der Waals surface area contributed by atoms with Crippen molar-refractivity contribution >= 4 is 17.7 Å². The van der Waals surface area contributed by atoms with Crippen molar-refractivity contribution in [2.24, 2.45) is 0 Å². The molecule has 4 heteroatoms. The van der Waals surface area contributed by atoms with Crippen LogP contribution in [-0.2, 0) is 0 Å². The highest BCUT2D eigenvalue weighted by atomic mass is 35.5. The molecule has 0 radical (unpaired) electrons. The third-order valence-electron chi connectivity index (χ3n) is 1.86. The molecule has 1 rings (SSSR count). The van der Waals surface area contributed by atoms with E-state index in [1.54, 1.807) is 12.1 Å². The van der Waals surface area contributed by atoms with Crippen molar-refractivity contribution in [2.75, 3.05) is 7.05 Å². The van der Waals surface area contributed by atoms with Gasteiger partial charge in [0.25, 0.3) is 0 Å². The van der Waals surface area contributed by atoms with E-state index in [9.17, 15) is 4.79 Å². The molecule has 14 heavy (non-hydrogen) atoms. The second kappa shape index (κ2) is 4.33. The quantitative estimate of drug-likeness (QED) is 0.779. The van der Waals surface area contributed by atoms with Gasteiger partial charge in [-0.1, -0.05) is 11.6 Å². The van der Waals surface area contributed by atoms with Crippen molar-refractivity contribution < 1.29 is 9.53 Å². The fourth-order valence-electron chi connectivity index (χ4n) is 1.02. The van der Waals surface area contributed by atoms with Crippen LogP contribution in [0.3, 0.4) is 0 Å². The Morgan fingerprint density at radius 2 is 2.00 bits per heavy atom. The molecule has 1 amide bonds. The molecule has 0 saturated carbocycles. The summed E-state index contributed by atoms with van der Waals surface area (Å²) in [6.07, 6.45) is -0.477. The summed E-state index contributed by atoms with van der Waals surface area (Å²) in [5, 5.41) is 3.05. The van der Waals surface area contributed by atoms with Gasteiger partial charge >= 0.3 is 6.09 Å². The van der Waals surface area contributed by atoms with Crippen LogP contribution in [0.4, 0.5) is 4.79 Å². The molecular weight excluding hydrogens is 202 g/mol. The lowest BCUT2D eigenvalue weighted by atomic mass is 10.1. The monoisotopic (exact) mass is 213 g/mol. The van der Waals surface area contributed by atoms with Crippen LogP contribution in [0.25, 0.3) is 0 Å². The molecule has 0 bridgehead atoms. The smallest absolute Gasteiger partial charge is 0.410 e. The van der Waals surface area contributed by atoms with Gasteiger partial charge in [-0.25, -0.2) is 4.79 Å². The number of halogens is 1. The summed E-state index contributed by atoms with van der Waals surface area (Å²) < 4.78 is 5.02. The molecule has 0 saturated heterocycles. The Balaban J connectivity index is 2.98. The minimum absolute atomic E-state index is 0.477. The van der Waals surface area contributed by atoms with Crippen LogP contribution in [-0.4, -0.2) is 13.1 Å². The van der Waals surface area contributed by atoms with Crippen LogP contribution >= 0.6 is 11.6 Å². The zero-order valence-electron chi connectivity index (χ0n) is 8.35. The maximum absolute atomic E-state index is 11.0. The zero-order valence-corrected chi connectivity index (χ0v) is 9.11. The van der Waals surface area contributed by atoms with Crippen molar-refractivity contribution in [2.45, 2.75) is 13.8 Å². The van der Waals surface area contributed by atoms with Crippen LogP contribution in [0.2, 0.25) is 5.02 Å². The molecule has 0 aliphatic carbocycles. The van der Waals surface area contributed by atoms with Gasteiger partial charge in [0.1, 0.15) is 5.75 Å². The second-order valence-electron chi connectivity index (χ2n) is 3.01. The summed E-state index contributed by atoms with van der Waals surface area (Å²) in [5.41, 5.74) is 1.72. The van der Waals surface area contributed by atoms with E-state index in [1.165, 1.54) is 7.05 Å². The molecule has 0 spiro atoms. The van der Waals surface area contributed by atoms with Crippen LogP contribution in [0.15, 0.2) is 12.1 Å². The molecule has 0 unspecified atom stereocenters. The predicted molar refractivity (Wildman–Crippen MR) is 56.0 cm³/mol. The van der Waals surface area contributed by atoms with E-state index >= 15 is 0 Å². The minimum Gasteiger partial charge on any atom is -0.410 e. The third kappa shape index (κ3) is 2.39. The summed E-state index contributed by atoms with van der Waals surface area (Å²) in [5.74, 6) is 0.534. The maximum Gasteiger partial charge on any atom is 0.412 e. The fourth-order valence-corrected chi connectivity index (χ4v) is 1.23. The van der Waals surface area contributed by atoms with Crippen LogP contribution in [0, 0.1) is 13.8 Å². The molecule has 0 atom stereocenters. The van der Waals surface area contributed by atoms with E-state index in [-0.39, 0.29) is 0 Å². The molecule has 1 aromatic carbocycles. The number of nitrogens with one attached hydrogen (secondary N) is 1. The highest BCUT2D eigenvalue weighted by molar-refractivity contribution is 6.31. The molecule has 76 valence electrons. The van der Waals surface area contributed by atoms with Crippen molar-refractivity contribution in [3.8, 4) is 5.75 Å². The van der Waals surface area contributed by atoms with Gasteiger partial charge in [0, 0.05) is 12.1 Å². The summed E-state index contributed by atoms with van der Waals surface area (Å²) in [6, 6.07) is 3.52. The van der Waals surface area contributed by atoms with E-state index in [1.807, 2.05) is 13.8 Å². The lowest BCUT2D eigenvalue weighted by molar-refractivity contribution is 0.202. The van der Waals surface area contributed by atoms with E-state index in [2.05, 4.69) is 5.32 Å². The first-order valence-electron chi connectivity index (χ1n) is 4.21. The number of rotatable bonds is 1. The number of ether oxygens (including phenoxy) is 1. The topological polar surface area (TPSA) is 38.3 Å². The Morgan fingerprint density at radius 3 is 2.57 bits per heavy atom. The maximum atomic E-state index is 11.0. The van der Waals surface area contributed by atoms with Crippen LogP contribution in [0.5, 0.6) is 5.75 Å². The molecule has 1 aromatic rings. The van der Waals surface area contributed by atoms with Gasteiger partial charge in [-0.05, 0) is 37.1 Å². The van der Waals surface area contributed by atoms with Gasteiger partial charge < -0.3 is 10.1 Å². The second-order valence-corrected chi connectivity index (χ2v) is 3.41. The molecule has 0 aromatic heterocycles. The highest BCUT2D eigenvalue weighted by Gasteiger charge is 2.07. The van der Waals surface area contributed by atoms with Gasteiger partial charge in [0.2, 0.25) is 0 Å². The Labute approximate surface area is 88.0 Å². The van der Waals surface area contributed by atoms with Gasteiger partial charge in [-0.3, -0.25) is 0 Å². The van der Waals surface area contributed by atoms with Crippen molar-refractivity contribution in [1.29, 1.82) is 0 Å². The van der Waals surface area contributed by atoms with E-state index in [0.717, 1.165) is 11.1 Å². The summed E-state index contributed by atoms with van der Waals surface area (Å²) in [7, 11) is 1.51. The molecule has 0 aliphatic heterocycles. The highest BCUT2D eigenvalue weighted by Crippen LogP contribution is 2.25. The number of amides is 1. The molecule has 0 fully saturated rings. The normalized spacial score (nSPS) is 9.71. The first kappa shape index (κ1) is 10.9. The Kier molecular flexibility index (Phi) is 3.36. The van der Waals surface area contributed by atoms with E-state index in [0.29, 0.717) is 10.8 Å². The lowest BCUT2D eigenvalue weighted by Gasteiger charge is -2.08. The molecule has 0 heterocycles. The Hall–Kier alpha value is -1.22. The number of benzene rings is 1. The van der Waals surface area contributed by atoms with Crippen LogP contribution < -0.4 is 10.1 Å². The molecule has 1 N–H and O–H groups in total. The number of hydrogen-bond donors (Lipinski definition) is 1. The molecule has 3 nitrogen and oxygen atoms in total. The van der Waals surface area contributed by atoms with E-state index < -0.39 is 6.09 Å². The SMILES string of the molecule is CNC(=O)Oc1cc(C)c(Cl)cc1C. The summed E-state index contributed by atoms with van der Waals surface area (Å²) >= 11 is 5.90. The first-order chi connectivity index (χ1) is 6.54. The number of aryl methyl sites for hydroxylation is 2. The summed E-state index contributed by atoms with van der Waals surface area (Å²) in [6.45, 7) is 3.70. The first-order valence-corrected chi connectivity index (χ1v) is 4.58. The largest absolute Gasteiger partial charge is 0.412 e. The van der Waals surface area contributed by atoms with Gasteiger partial charge in [-0.2, -0.15) is 0 Å². The third-order valence-corrected chi connectivity index (χ3v) is 2.27. The average Bonchev–Trinajstić information content (AvgIpc) is 2.14. The fraction of sp³-hybridized carbons (Fsp3) is 0.300. The Bertz CT molecular complexity index is 363. The van der Waals surface area contributed by atoms with Gasteiger partial charge in [0.15, 0.2) is 0 Å². The Morgan fingerprint density at radius 1 is 1.36 bits per heavy atom. The molecule has 0 aliphatic rings. The molecular formula is C10H12ClNO2. The van der Waals surface area contributed by atoms with Gasteiger partial charge in [0.05, 0.1) is 0 Å². The number of carbonyl (C=O) groups is 1. The minimum atomic E-state index is -0.477. The number of carbonyl (C=O) groups excluding carboxylic acids is 1. The zero-order chi connectivity index (χ0) is 10.7. The van der Waals surface area contributed by atoms with E-state index in [4.69, 9.17) is 16.3 Å².